The van der Waals surface area contributed by atoms with Gasteiger partial charge in [-0.25, -0.2) is 17.6 Å². The molecule has 0 fully saturated rings. The Morgan fingerprint density at radius 1 is 0.833 bits per heavy atom. The van der Waals surface area contributed by atoms with Crippen LogP contribution in [0.4, 0.5) is 13.2 Å². The van der Waals surface area contributed by atoms with Crippen LogP contribution in [0.5, 0.6) is 0 Å². The van der Waals surface area contributed by atoms with E-state index in [1.165, 1.54) is 21.9 Å². The van der Waals surface area contributed by atoms with Crippen LogP contribution in [0.1, 0.15) is 19.3 Å². The third-order valence-corrected chi connectivity index (χ3v) is 8.16. The lowest BCUT2D eigenvalue weighted by Crippen LogP contribution is -2.39. The smallest absolute Gasteiger partial charge is 0.428 e. The molecule has 0 saturated heterocycles. The van der Waals surface area contributed by atoms with Crippen molar-refractivity contribution in [3.05, 3.63) is 90.7 Å². The molecule has 194 valence electrons. The SMILES string of the molecule is Fc1ccc([S+](c2ccccc2)c2ccccc2)cc1.O=C(OCCCCCBr)C(F)(F)S(=O)(=O)[O-]. The third-order valence-electron chi connectivity index (χ3n) is 4.57. The van der Waals surface area contributed by atoms with Crippen molar-refractivity contribution < 1.29 is 35.7 Å². The van der Waals surface area contributed by atoms with E-state index in [4.69, 9.17) is 0 Å². The van der Waals surface area contributed by atoms with E-state index < -0.39 is 21.3 Å². The maximum Gasteiger partial charge on any atom is 0.428 e. The Morgan fingerprint density at radius 2 is 1.31 bits per heavy atom. The maximum absolute atomic E-state index is 13.2. The predicted octanol–water partition coefficient (Wildman–Crippen LogP) is 6.15. The highest BCUT2D eigenvalue weighted by atomic mass is 79.9. The number of halogens is 4. The summed E-state index contributed by atoms with van der Waals surface area (Å²) in [5.74, 6) is -2.51. The lowest BCUT2D eigenvalue weighted by molar-refractivity contribution is -0.161. The number of carbonyl (C=O) groups is 1. The predicted molar refractivity (Wildman–Crippen MR) is 135 cm³/mol. The van der Waals surface area contributed by atoms with Crippen molar-refractivity contribution in [3.63, 3.8) is 0 Å². The Bertz CT molecular complexity index is 1140. The molecule has 0 bridgehead atoms. The molecular weight excluding hydrogens is 581 g/mol. The zero-order valence-electron chi connectivity index (χ0n) is 19.0. The van der Waals surface area contributed by atoms with Crippen LogP contribution in [0.2, 0.25) is 0 Å². The topological polar surface area (TPSA) is 83.5 Å². The molecule has 3 aromatic carbocycles. The molecule has 0 unspecified atom stereocenters. The molecule has 0 aliphatic rings. The van der Waals surface area contributed by atoms with Gasteiger partial charge in [-0.15, -0.1) is 0 Å². The van der Waals surface area contributed by atoms with Crippen LogP contribution >= 0.6 is 15.9 Å². The van der Waals surface area contributed by atoms with Crippen LogP contribution < -0.4 is 0 Å². The van der Waals surface area contributed by atoms with Gasteiger partial charge in [0.05, 0.1) is 17.5 Å². The molecular formula is C25H24BrF3O5S2. The van der Waals surface area contributed by atoms with E-state index in [-0.39, 0.29) is 23.3 Å². The summed E-state index contributed by atoms with van der Waals surface area (Å²) < 4.78 is 72.2. The van der Waals surface area contributed by atoms with Gasteiger partial charge in [0.15, 0.2) is 24.8 Å². The van der Waals surface area contributed by atoms with Crippen LogP contribution in [0, 0.1) is 5.82 Å². The van der Waals surface area contributed by atoms with E-state index in [9.17, 15) is 30.9 Å². The minimum Gasteiger partial charge on any atom is -0.743 e. The molecule has 5 nitrogen and oxygen atoms in total. The molecule has 0 aliphatic heterocycles. The van der Waals surface area contributed by atoms with Crippen LogP contribution in [0.25, 0.3) is 0 Å². The number of hydrogen-bond acceptors (Lipinski definition) is 5. The first kappa shape index (κ1) is 29.9. The largest absolute Gasteiger partial charge is 0.743 e. The number of rotatable bonds is 10. The van der Waals surface area contributed by atoms with Gasteiger partial charge in [0, 0.05) is 5.33 Å². The molecule has 0 heterocycles. The van der Waals surface area contributed by atoms with E-state index >= 15 is 0 Å². The first-order valence-corrected chi connectivity index (χ1v) is 14.5. The summed E-state index contributed by atoms with van der Waals surface area (Å²) in [7, 11) is -6.20. The number of ether oxygens (including phenoxy) is 1. The van der Waals surface area contributed by atoms with Crippen LogP contribution in [0.3, 0.4) is 0 Å². The molecule has 0 amide bonds. The average Bonchev–Trinajstić information content (AvgIpc) is 2.86. The summed E-state index contributed by atoms with van der Waals surface area (Å²) in [5, 5.41) is -4.28. The second-order valence-corrected chi connectivity index (χ2v) is 11.5. The fraction of sp³-hybridized carbons (Fsp3) is 0.240. The lowest BCUT2D eigenvalue weighted by Gasteiger charge is -2.17. The fourth-order valence-corrected chi connectivity index (χ4v) is 5.56. The molecule has 36 heavy (non-hydrogen) atoms. The van der Waals surface area contributed by atoms with Crippen LogP contribution in [-0.2, 0) is 30.5 Å². The van der Waals surface area contributed by atoms with Crippen molar-refractivity contribution in [2.45, 2.75) is 39.2 Å². The Labute approximate surface area is 219 Å². The van der Waals surface area contributed by atoms with E-state index in [0.717, 1.165) is 16.6 Å². The number of alkyl halides is 3. The number of esters is 1. The Morgan fingerprint density at radius 3 is 1.75 bits per heavy atom. The summed E-state index contributed by atoms with van der Waals surface area (Å²) in [5.41, 5.74) is 0. The summed E-state index contributed by atoms with van der Waals surface area (Å²) >= 11 is 3.14. The number of unbranched alkanes of at least 4 members (excludes halogenated alkanes) is 2. The van der Waals surface area contributed by atoms with Gasteiger partial charge in [0.1, 0.15) is 5.82 Å². The summed E-state index contributed by atoms with van der Waals surface area (Å²) in [4.78, 5) is 14.2. The zero-order valence-corrected chi connectivity index (χ0v) is 22.2. The van der Waals surface area contributed by atoms with Gasteiger partial charge in [-0.3, -0.25) is 0 Å². The van der Waals surface area contributed by atoms with Gasteiger partial charge >= 0.3 is 11.2 Å². The van der Waals surface area contributed by atoms with Gasteiger partial charge < -0.3 is 9.29 Å². The monoisotopic (exact) mass is 604 g/mol. The van der Waals surface area contributed by atoms with E-state index in [0.29, 0.717) is 12.8 Å². The third kappa shape index (κ3) is 8.95. The summed E-state index contributed by atoms with van der Waals surface area (Å²) in [6, 6.07) is 27.5. The van der Waals surface area contributed by atoms with E-state index in [2.05, 4.69) is 44.9 Å². The molecule has 0 aromatic heterocycles. The maximum atomic E-state index is 13.2. The van der Waals surface area contributed by atoms with Gasteiger partial charge in [0.2, 0.25) is 0 Å². The normalized spacial score (nSPS) is 11.5. The number of benzene rings is 3. The molecule has 0 spiro atoms. The Balaban J connectivity index is 0.000000262. The molecule has 0 atom stereocenters. The molecule has 0 N–H and O–H groups in total. The zero-order chi connectivity index (χ0) is 26.6. The molecule has 11 heteroatoms. The average molecular weight is 605 g/mol. The quantitative estimate of drug-likeness (QED) is 0.0910. The Hall–Kier alpha value is -2.34. The number of hydrogen-bond donors (Lipinski definition) is 0. The van der Waals surface area contributed by atoms with Gasteiger partial charge in [0.25, 0.3) is 0 Å². The van der Waals surface area contributed by atoms with Crippen molar-refractivity contribution in [1.29, 1.82) is 0 Å². The van der Waals surface area contributed by atoms with Crippen molar-refractivity contribution in [1.82, 2.24) is 0 Å². The first-order valence-electron chi connectivity index (χ1n) is 10.7. The second-order valence-electron chi connectivity index (χ2n) is 7.24. The van der Waals surface area contributed by atoms with Gasteiger partial charge in [-0.2, -0.15) is 8.78 Å². The van der Waals surface area contributed by atoms with E-state index in [1.54, 1.807) is 0 Å². The Kier molecular flexibility index (Phi) is 12.0. The summed E-state index contributed by atoms with van der Waals surface area (Å²) in [6.07, 6.45) is 1.73. The van der Waals surface area contributed by atoms with Crippen molar-refractivity contribution in [2.24, 2.45) is 0 Å². The van der Waals surface area contributed by atoms with Crippen molar-refractivity contribution in [3.8, 4) is 0 Å². The highest BCUT2D eigenvalue weighted by molar-refractivity contribution is 9.09. The highest BCUT2D eigenvalue weighted by Crippen LogP contribution is 2.30. The minimum atomic E-state index is -6.01. The highest BCUT2D eigenvalue weighted by Gasteiger charge is 2.48. The van der Waals surface area contributed by atoms with Crippen molar-refractivity contribution >= 4 is 42.9 Å². The molecule has 0 radical (unpaired) electrons. The van der Waals surface area contributed by atoms with Crippen LogP contribution in [-0.4, -0.2) is 36.1 Å². The van der Waals surface area contributed by atoms with Crippen molar-refractivity contribution in [2.75, 3.05) is 11.9 Å². The second kappa shape index (κ2) is 14.4. The number of carbonyl (C=O) groups excluding carboxylic acids is 1. The van der Waals surface area contributed by atoms with Gasteiger partial charge in [-0.1, -0.05) is 52.3 Å². The lowest BCUT2D eigenvalue weighted by atomic mass is 10.3. The van der Waals surface area contributed by atoms with Gasteiger partial charge in [-0.05, 0) is 67.8 Å². The minimum absolute atomic E-state index is 0.190. The molecule has 3 aromatic rings. The molecule has 0 aliphatic carbocycles. The van der Waals surface area contributed by atoms with E-state index in [1.807, 2.05) is 48.5 Å². The fourth-order valence-electron chi connectivity index (χ4n) is 2.82. The summed E-state index contributed by atoms with van der Waals surface area (Å²) in [6.45, 7) is -0.336. The first-order chi connectivity index (χ1) is 17.1. The van der Waals surface area contributed by atoms with Crippen LogP contribution in [0.15, 0.2) is 99.6 Å². The molecule has 0 saturated carbocycles. The standard InChI is InChI=1S/C18H14FS.C7H11BrF2O5S/c19-15-11-13-18(14-12-15)20(16-7-3-1-4-8-16)17-9-5-2-6-10-17;8-4-2-1-3-5-15-6(11)7(9,10)16(12,13)14/h1-14H;1-5H2,(H,12,13,14)/q+1;/p-1. The molecule has 3 rings (SSSR count).